The second-order valence-electron chi connectivity index (χ2n) is 7.70. The number of nitrogens with zero attached hydrogens (tertiary/aromatic N) is 1. The van der Waals surface area contributed by atoms with E-state index < -0.39 is 17.9 Å². The van der Waals surface area contributed by atoms with Gasteiger partial charge in [-0.1, -0.05) is 44.2 Å². The molecule has 2 aromatic carbocycles. The second-order valence-corrected chi connectivity index (χ2v) is 8.55. The van der Waals surface area contributed by atoms with E-state index in [0.29, 0.717) is 24.5 Å². The Bertz CT molecular complexity index is 1020. The molecule has 0 aliphatic rings. The minimum absolute atomic E-state index is 0.109. The molecule has 2 N–H and O–H groups in total. The number of carboxylic acid groups (broad SMARTS) is 1. The van der Waals surface area contributed by atoms with Crippen molar-refractivity contribution in [3.05, 3.63) is 70.5 Å². The first-order chi connectivity index (χ1) is 14.8. The molecular weight excluding hydrogens is 417 g/mol. The molecule has 0 amide bonds. The van der Waals surface area contributed by atoms with Gasteiger partial charge < -0.3 is 14.9 Å². The van der Waals surface area contributed by atoms with E-state index in [-0.39, 0.29) is 12.2 Å². The third kappa shape index (κ3) is 6.35. The fourth-order valence-electron chi connectivity index (χ4n) is 3.10. The van der Waals surface area contributed by atoms with Gasteiger partial charge in [-0.05, 0) is 42.0 Å². The fourth-order valence-corrected chi connectivity index (χ4v) is 3.96. The number of benzene rings is 2. The Morgan fingerprint density at radius 1 is 1.19 bits per heavy atom. The number of aliphatic carboxylic acids is 1. The maximum Gasteiger partial charge on any atom is 0.332 e. The normalized spacial score (nSPS) is 12.2. The predicted molar refractivity (Wildman–Crippen MR) is 119 cm³/mol. The van der Waals surface area contributed by atoms with Crippen LogP contribution in [0.15, 0.2) is 47.8 Å². The third-order valence-corrected chi connectivity index (χ3v) is 5.86. The molecule has 0 saturated carbocycles. The van der Waals surface area contributed by atoms with E-state index in [0.717, 1.165) is 22.7 Å². The molecule has 0 saturated heterocycles. The predicted octanol–water partition coefficient (Wildman–Crippen LogP) is 5.07. The molecule has 5 nitrogen and oxygen atoms in total. The van der Waals surface area contributed by atoms with Gasteiger partial charge in [0.2, 0.25) is 0 Å². The van der Waals surface area contributed by atoms with Gasteiger partial charge in [0, 0.05) is 17.4 Å². The van der Waals surface area contributed by atoms with Crippen LogP contribution in [0.3, 0.4) is 0 Å². The van der Waals surface area contributed by atoms with E-state index in [9.17, 15) is 14.3 Å². The highest BCUT2D eigenvalue weighted by atomic mass is 32.1. The van der Waals surface area contributed by atoms with E-state index in [1.165, 1.54) is 17.7 Å². The lowest BCUT2D eigenvalue weighted by molar-refractivity contribution is -0.146. The van der Waals surface area contributed by atoms with Crippen LogP contribution in [0.2, 0.25) is 0 Å². The Morgan fingerprint density at radius 2 is 1.94 bits per heavy atom. The lowest BCUT2D eigenvalue weighted by Gasteiger charge is -2.09. The van der Waals surface area contributed by atoms with Gasteiger partial charge in [0.05, 0.1) is 12.3 Å². The highest BCUT2D eigenvalue weighted by molar-refractivity contribution is 7.13. The standard InChI is InChI=1S/C24H26FNO4S/c1-15(2)17-6-8-18(9-7-17)23-26-19(14-31-23)4-3-11-30-22-10-5-16(12-20(22)25)13-21(27)24(28)29/h5-10,12,14-15,21,27H,3-4,11,13H2,1-2H3,(H,28,29). The molecule has 0 aliphatic heterocycles. The summed E-state index contributed by atoms with van der Waals surface area (Å²) in [6, 6.07) is 12.7. The summed E-state index contributed by atoms with van der Waals surface area (Å²) in [7, 11) is 0. The maximum absolute atomic E-state index is 14.2. The van der Waals surface area contributed by atoms with Crippen molar-refractivity contribution in [2.24, 2.45) is 0 Å². The molecule has 1 atom stereocenters. The summed E-state index contributed by atoms with van der Waals surface area (Å²) in [6.45, 7) is 4.68. The molecule has 3 aromatic rings. The maximum atomic E-state index is 14.2. The summed E-state index contributed by atoms with van der Waals surface area (Å²) in [6.07, 6.45) is -0.291. The number of aliphatic hydroxyl groups excluding tert-OH is 1. The van der Waals surface area contributed by atoms with Crippen LogP contribution in [-0.2, 0) is 17.6 Å². The first kappa shape index (κ1) is 22.9. The number of aryl methyl sites for hydroxylation is 1. The van der Waals surface area contributed by atoms with Crippen LogP contribution in [-0.4, -0.2) is 33.9 Å². The number of hydrogen-bond donors (Lipinski definition) is 2. The Kier molecular flexibility index (Phi) is 7.76. The smallest absolute Gasteiger partial charge is 0.332 e. The number of thiazole rings is 1. The largest absolute Gasteiger partial charge is 0.491 e. The van der Waals surface area contributed by atoms with Crippen molar-refractivity contribution < 1.29 is 24.1 Å². The van der Waals surface area contributed by atoms with Crippen LogP contribution in [0.25, 0.3) is 10.6 Å². The molecule has 0 spiro atoms. The molecule has 0 aliphatic carbocycles. The Morgan fingerprint density at radius 3 is 2.58 bits per heavy atom. The number of halogens is 1. The van der Waals surface area contributed by atoms with Gasteiger partial charge in [-0.15, -0.1) is 11.3 Å². The minimum atomic E-state index is -1.55. The van der Waals surface area contributed by atoms with E-state index in [2.05, 4.69) is 43.1 Å². The fraction of sp³-hybridized carbons (Fsp3) is 0.333. The molecule has 7 heteroatoms. The first-order valence-corrected chi connectivity index (χ1v) is 11.1. The summed E-state index contributed by atoms with van der Waals surface area (Å²) in [5.74, 6) is -1.30. The van der Waals surface area contributed by atoms with Gasteiger partial charge in [-0.3, -0.25) is 0 Å². The van der Waals surface area contributed by atoms with Gasteiger partial charge >= 0.3 is 5.97 Å². The molecular formula is C24H26FNO4S. The van der Waals surface area contributed by atoms with E-state index in [1.807, 2.05) is 5.38 Å². The molecule has 0 fully saturated rings. The van der Waals surface area contributed by atoms with Gasteiger partial charge in [0.1, 0.15) is 5.01 Å². The highest BCUT2D eigenvalue weighted by Crippen LogP contribution is 2.26. The Labute approximate surface area is 185 Å². The lowest BCUT2D eigenvalue weighted by atomic mass is 10.0. The van der Waals surface area contributed by atoms with Crippen LogP contribution in [0, 0.1) is 5.82 Å². The summed E-state index contributed by atoms with van der Waals surface area (Å²) >= 11 is 1.61. The first-order valence-electron chi connectivity index (χ1n) is 10.2. The van der Waals surface area contributed by atoms with Crippen LogP contribution < -0.4 is 4.74 Å². The van der Waals surface area contributed by atoms with Gasteiger partial charge in [0.15, 0.2) is 17.7 Å². The number of rotatable bonds is 10. The zero-order valence-corrected chi connectivity index (χ0v) is 18.4. The number of carbonyl (C=O) groups is 1. The summed E-state index contributed by atoms with van der Waals surface area (Å²) in [5, 5.41) is 21.1. The topological polar surface area (TPSA) is 79.7 Å². The van der Waals surface area contributed by atoms with E-state index in [4.69, 9.17) is 9.84 Å². The monoisotopic (exact) mass is 443 g/mol. The van der Waals surface area contributed by atoms with Crippen LogP contribution in [0.1, 0.15) is 43.0 Å². The van der Waals surface area contributed by atoms with Gasteiger partial charge in [-0.25, -0.2) is 14.2 Å². The summed E-state index contributed by atoms with van der Waals surface area (Å²) in [4.78, 5) is 15.4. The molecule has 164 valence electrons. The SMILES string of the molecule is CC(C)c1ccc(-c2nc(CCCOc3ccc(CC(O)C(=O)O)cc3F)cs2)cc1. The van der Waals surface area contributed by atoms with Crippen molar-refractivity contribution in [3.63, 3.8) is 0 Å². The molecule has 3 rings (SSSR count). The molecule has 1 unspecified atom stereocenters. The number of hydrogen-bond acceptors (Lipinski definition) is 5. The zero-order valence-electron chi connectivity index (χ0n) is 17.5. The summed E-state index contributed by atoms with van der Waals surface area (Å²) < 4.78 is 19.7. The minimum Gasteiger partial charge on any atom is -0.491 e. The number of aliphatic hydroxyl groups is 1. The lowest BCUT2D eigenvalue weighted by Crippen LogP contribution is -2.22. The average molecular weight is 444 g/mol. The van der Waals surface area contributed by atoms with Crippen molar-refractivity contribution in [1.29, 1.82) is 0 Å². The number of ether oxygens (including phenoxy) is 1. The summed E-state index contributed by atoms with van der Waals surface area (Å²) in [5.41, 5.74) is 3.79. The molecule has 1 aromatic heterocycles. The second kappa shape index (κ2) is 10.5. The zero-order chi connectivity index (χ0) is 22.4. The average Bonchev–Trinajstić information content (AvgIpc) is 3.21. The number of carboxylic acids is 1. The highest BCUT2D eigenvalue weighted by Gasteiger charge is 2.15. The van der Waals surface area contributed by atoms with Gasteiger partial charge in [-0.2, -0.15) is 0 Å². The van der Waals surface area contributed by atoms with Crippen LogP contribution >= 0.6 is 11.3 Å². The third-order valence-electron chi connectivity index (χ3n) is 4.92. The van der Waals surface area contributed by atoms with Crippen molar-refractivity contribution in [2.75, 3.05) is 6.61 Å². The van der Waals surface area contributed by atoms with Crippen molar-refractivity contribution >= 4 is 17.3 Å². The quantitative estimate of drug-likeness (QED) is 0.428. The van der Waals surface area contributed by atoms with Gasteiger partial charge in [0.25, 0.3) is 0 Å². The van der Waals surface area contributed by atoms with E-state index >= 15 is 0 Å². The molecule has 0 radical (unpaired) electrons. The van der Waals surface area contributed by atoms with Crippen molar-refractivity contribution in [2.45, 2.75) is 45.1 Å². The Balaban J connectivity index is 1.48. The van der Waals surface area contributed by atoms with Crippen molar-refractivity contribution in [3.8, 4) is 16.3 Å². The molecule has 0 bridgehead atoms. The van der Waals surface area contributed by atoms with Crippen LogP contribution in [0.4, 0.5) is 4.39 Å². The molecule has 1 heterocycles. The number of aromatic nitrogens is 1. The Hall–Kier alpha value is -2.77. The molecule has 31 heavy (non-hydrogen) atoms. The van der Waals surface area contributed by atoms with Crippen molar-refractivity contribution in [1.82, 2.24) is 4.98 Å². The van der Waals surface area contributed by atoms with E-state index in [1.54, 1.807) is 17.4 Å². The van der Waals surface area contributed by atoms with Crippen LogP contribution in [0.5, 0.6) is 5.75 Å².